The Kier molecular flexibility index (Phi) is 5.28. The zero-order chi connectivity index (χ0) is 19.8. The molecular formula is C19H24FN3O3S. The van der Waals surface area contributed by atoms with E-state index in [1.54, 1.807) is 18.3 Å². The van der Waals surface area contributed by atoms with Crippen LogP contribution >= 0.6 is 0 Å². The number of aromatic amines is 1. The van der Waals surface area contributed by atoms with E-state index in [-0.39, 0.29) is 16.5 Å². The summed E-state index contributed by atoms with van der Waals surface area (Å²) in [4.78, 5) is 18.3. The fourth-order valence-corrected chi connectivity index (χ4v) is 4.28. The minimum absolute atomic E-state index is 0.132. The van der Waals surface area contributed by atoms with Gasteiger partial charge in [0.15, 0.2) is 9.84 Å². The number of anilines is 2. The SMILES string of the molecule is CC(C)C1CN(c2ccc(F)c(S(C)(=O)=O)c2)CCN1c1cc[nH]c(=O)c1. The second kappa shape index (κ2) is 7.34. The van der Waals surface area contributed by atoms with Gasteiger partial charge >= 0.3 is 0 Å². The third kappa shape index (κ3) is 4.16. The lowest BCUT2D eigenvalue weighted by Gasteiger charge is -2.45. The number of hydrogen-bond acceptors (Lipinski definition) is 5. The molecule has 1 aliphatic rings. The quantitative estimate of drug-likeness (QED) is 0.863. The highest BCUT2D eigenvalue weighted by atomic mass is 32.2. The summed E-state index contributed by atoms with van der Waals surface area (Å²) in [5.41, 5.74) is 1.41. The van der Waals surface area contributed by atoms with Gasteiger partial charge in [0.05, 0.1) is 0 Å². The van der Waals surface area contributed by atoms with E-state index in [0.717, 1.165) is 11.9 Å². The molecule has 146 valence electrons. The van der Waals surface area contributed by atoms with E-state index in [0.29, 0.717) is 31.2 Å². The predicted molar refractivity (Wildman–Crippen MR) is 105 cm³/mol. The molecule has 1 saturated heterocycles. The van der Waals surface area contributed by atoms with Crippen molar-refractivity contribution in [3.05, 3.63) is 52.7 Å². The van der Waals surface area contributed by atoms with E-state index in [1.165, 1.54) is 12.1 Å². The van der Waals surface area contributed by atoms with Crippen LogP contribution in [0.25, 0.3) is 0 Å². The monoisotopic (exact) mass is 393 g/mol. The third-order valence-corrected chi connectivity index (χ3v) is 6.07. The molecule has 8 heteroatoms. The Morgan fingerprint density at radius 3 is 2.52 bits per heavy atom. The average Bonchev–Trinajstić information content (AvgIpc) is 2.60. The minimum atomic E-state index is -3.63. The molecule has 0 bridgehead atoms. The van der Waals surface area contributed by atoms with Gasteiger partial charge in [-0.1, -0.05) is 13.8 Å². The lowest BCUT2D eigenvalue weighted by Crippen LogP contribution is -2.55. The van der Waals surface area contributed by atoms with Gasteiger partial charge in [-0.05, 0) is 30.2 Å². The summed E-state index contributed by atoms with van der Waals surface area (Å²) in [5.74, 6) is -0.425. The molecule has 1 aromatic carbocycles. The van der Waals surface area contributed by atoms with E-state index in [1.807, 2.05) is 6.07 Å². The first-order valence-corrected chi connectivity index (χ1v) is 10.8. The van der Waals surface area contributed by atoms with E-state index < -0.39 is 15.7 Å². The fraction of sp³-hybridized carbons (Fsp3) is 0.421. The minimum Gasteiger partial charge on any atom is -0.368 e. The Morgan fingerprint density at radius 2 is 1.89 bits per heavy atom. The number of halogens is 1. The van der Waals surface area contributed by atoms with E-state index >= 15 is 0 Å². The van der Waals surface area contributed by atoms with Crippen LogP contribution in [-0.2, 0) is 9.84 Å². The van der Waals surface area contributed by atoms with E-state index in [9.17, 15) is 17.6 Å². The molecule has 0 saturated carbocycles. The number of rotatable bonds is 4. The van der Waals surface area contributed by atoms with Crippen LogP contribution < -0.4 is 15.4 Å². The predicted octanol–water partition coefficient (Wildman–Crippen LogP) is 2.27. The number of aromatic nitrogens is 1. The molecule has 0 spiro atoms. The fourth-order valence-electron chi connectivity index (χ4n) is 3.52. The maximum Gasteiger partial charge on any atom is 0.249 e. The number of nitrogens with one attached hydrogen (secondary N) is 1. The van der Waals surface area contributed by atoms with Crippen LogP contribution in [0, 0.1) is 11.7 Å². The Morgan fingerprint density at radius 1 is 1.15 bits per heavy atom. The topological polar surface area (TPSA) is 73.5 Å². The number of sulfone groups is 1. The number of nitrogens with zero attached hydrogens (tertiary/aromatic N) is 2. The highest BCUT2D eigenvalue weighted by Crippen LogP contribution is 2.28. The lowest BCUT2D eigenvalue weighted by atomic mass is 9.98. The van der Waals surface area contributed by atoms with Crippen LogP contribution in [0.4, 0.5) is 15.8 Å². The number of pyridine rings is 1. The number of H-pyrrole nitrogens is 1. The van der Waals surface area contributed by atoms with Gasteiger partial charge in [-0.15, -0.1) is 0 Å². The maximum absolute atomic E-state index is 13.9. The number of piperazine rings is 1. The summed E-state index contributed by atoms with van der Waals surface area (Å²) in [6.07, 6.45) is 2.65. The zero-order valence-corrected chi connectivity index (χ0v) is 16.5. The van der Waals surface area contributed by atoms with Crippen molar-refractivity contribution in [2.75, 3.05) is 35.7 Å². The second-order valence-electron chi connectivity index (χ2n) is 7.25. The first kappa shape index (κ1) is 19.4. The van der Waals surface area contributed by atoms with Crippen molar-refractivity contribution in [2.45, 2.75) is 24.8 Å². The van der Waals surface area contributed by atoms with Crippen molar-refractivity contribution in [3.8, 4) is 0 Å². The van der Waals surface area contributed by atoms with Crippen LogP contribution in [0.5, 0.6) is 0 Å². The van der Waals surface area contributed by atoms with Crippen molar-refractivity contribution in [1.82, 2.24) is 4.98 Å². The Balaban J connectivity index is 1.90. The molecule has 1 aromatic heterocycles. The summed E-state index contributed by atoms with van der Waals surface area (Å²) in [7, 11) is -3.63. The Hall–Kier alpha value is -2.35. The zero-order valence-electron chi connectivity index (χ0n) is 15.6. The van der Waals surface area contributed by atoms with Gasteiger partial charge in [-0.3, -0.25) is 4.79 Å². The molecule has 27 heavy (non-hydrogen) atoms. The van der Waals surface area contributed by atoms with Crippen molar-refractivity contribution in [1.29, 1.82) is 0 Å². The van der Waals surface area contributed by atoms with Crippen LogP contribution in [0.15, 0.2) is 46.2 Å². The molecule has 2 aromatic rings. The summed E-state index contributed by atoms with van der Waals surface area (Å²) in [5, 5.41) is 0. The molecular weight excluding hydrogens is 369 g/mol. The first-order chi connectivity index (χ1) is 12.7. The summed E-state index contributed by atoms with van der Waals surface area (Å²) in [6, 6.07) is 7.83. The molecule has 1 N–H and O–H groups in total. The average molecular weight is 393 g/mol. The second-order valence-corrected chi connectivity index (χ2v) is 9.23. The molecule has 2 heterocycles. The van der Waals surface area contributed by atoms with Crippen LogP contribution in [-0.4, -0.2) is 45.3 Å². The molecule has 3 rings (SSSR count). The van der Waals surface area contributed by atoms with Crippen LogP contribution in [0.3, 0.4) is 0 Å². The largest absolute Gasteiger partial charge is 0.368 e. The Labute approximate surface area is 158 Å². The molecule has 0 amide bonds. The van der Waals surface area contributed by atoms with Gasteiger partial charge in [0.25, 0.3) is 0 Å². The number of hydrogen-bond donors (Lipinski definition) is 1. The number of benzene rings is 1. The van der Waals surface area contributed by atoms with Crippen molar-refractivity contribution < 1.29 is 12.8 Å². The Bertz CT molecular complexity index is 988. The van der Waals surface area contributed by atoms with Crippen LogP contribution in [0.1, 0.15) is 13.8 Å². The molecule has 0 aliphatic carbocycles. The van der Waals surface area contributed by atoms with Gasteiger partial charge in [-0.2, -0.15) is 0 Å². The highest BCUT2D eigenvalue weighted by Gasteiger charge is 2.30. The molecule has 1 aliphatic heterocycles. The molecule has 6 nitrogen and oxygen atoms in total. The van der Waals surface area contributed by atoms with Crippen molar-refractivity contribution in [2.24, 2.45) is 5.92 Å². The third-order valence-electron chi connectivity index (χ3n) is 4.96. The lowest BCUT2D eigenvalue weighted by molar-refractivity contribution is 0.418. The first-order valence-electron chi connectivity index (χ1n) is 8.87. The molecule has 1 unspecified atom stereocenters. The summed E-state index contributed by atoms with van der Waals surface area (Å²) < 4.78 is 37.6. The van der Waals surface area contributed by atoms with Gasteiger partial charge < -0.3 is 14.8 Å². The summed E-state index contributed by atoms with van der Waals surface area (Å²) in [6.45, 7) is 6.20. The van der Waals surface area contributed by atoms with Crippen molar-refractivity contribution in [3.63, 3.8) is 0 Å². The van der Waals surface area contributed by atoms with E-state index in [4.69, 9.17) is 0 Å². The van der Waals surface area contributed by atoms with E-state index in [2.05, 4.69) is 28.6 Å². The molecule has 0 radical (unpaired) electrons. The smallest absolute Gasteiger partial charge is 0.249 e. The maximum atomic E-state index is 13.9. The van der Waals surface area contributed by atoms with Gasteiger partial charge in [-0.25, -0.2) is 12.8 Å². The van der Waals surface area contributed by atoms with Gasteiger partial charge in [0, 0.05) is 55.6 Å². The van der Waals surface area contributed by atoms with Crippen molar-refractivity contribution >= 4 is 21.2 Å². The normalized spacial score (nSPS) is 18.2. The summed E-state index contributed by atoms with van der Waals surface area (Å²) >= 11 is 0. The van der Waals surface area contributed by atoms with Gasteiger partial charge in [0.2, 0.25) is 5.56 Å². The van der Waals surface area contributed by atoms with Crippen LogP contribution in [0.2, 0.25) is 0 Å². The highest BCUT2D eigenvalue weighted by molar-refractivity contribution is 7.90. The molecule has 1 atom stereocenters. The standard InChI is InChI=1S/C19H24FN3O3S/c1-13(2)17-12-22(8-9-23(17)15-6-7-21-19(24)11-15)14-4-5-16(20)18(10-14)27(3,25)26/h4-7,10-11,13,17H,8-9,12H2,1-3H3,(H,21,24). The van der Waals surface area contributed by atoms with Gasteiger partial charge in [0.1, 0.15) is 10.7 Å². The molecule has 1 fully saturated rings.